The van der Waals surface area contributed by atoms with Crippen molar-refractivity contribution in [1.82, 2.24) is 0 Å². The second kappa shape index (κ2) is 2.85. The Labute approximate surface area is 51.4 Å². The molecule has 0 bridgehead atoms. The Morgan fingerprint density at radius 2 is 1.71 bits per heavy atom. The van der Waals surface area contributed by atoms with E-state index in [1.807, 2.05) is 0 Å². The van der Waals surface area contributed by atoms with E-state index in [2.05, 4.69) is 9.47 Å². The van der Waals surface area contributed by atoms with Crippen molar-refractivity contribution in [3.05, 3.63) is 0 Å². The third-order valence-electron chi connectivity index (χ3n) is 0.523. The lowest BCUT2D eigenvalue weighted by Crippen LogP contribution is -1.88. The van der Waals surface area contributed by atoms with Crippen LogP contribution in [-0.4, -0.2) is 19.4 Å². The molecular weight excluding hydrogens is 164 g/mol. The van der Waals surface area contributed by atoms with Gasteiger partial charge in [-0.2, -0.15) is 0 Å². The maximum atomic E-state index is 9.80. The Kier molecular flexibility index (Phi) is 2.75. The normalized spacial score (nSPS) is 16.9. The third kappa shape index (κ3) is 1.77. The quantitative estimate of drug-likeness (QED) is 0.501. The van der Waals surface area contributed by atoms with Gasteiger partial charge in [0.25, 0.3) is 0 Å². The molecule has 0 atom stereocenters. The fourth-order valence-electron chi connectivity index (χ4n) is 0.292. The number of halogens is 1. The maximum Gasteiger partial charge on any atom is 0.508 e. The van der Waals surface area contributed by atoms with Gasteiger partial charge in [0, 0.05) is 0 Å². The summed E-state index contributed by atoms with van der Waals surface area (Å²) in [6, 6.07) is 0. The maximum absolute atomic E-state index is 9.80. The Morgan fingerprint density at radius 3 is 1.86 bits per heavy atom. The molecule has 1 heterocycles. The minimum absolute atomic E-state index is 0. The van der Waals surface area contributed by atoms with Crippen molar-refractivity contribution in [3.8, 4) is 0 Å². The lowest BCUT2D eigenvalue weighted by molar-refractivity contribution is 0.131. The average molecular weight is 169 g/mol. The van der Waals surface area contributed by atoms with Crippen LogP contribution in [0.5, 0.6) is 0 Å². The van der Waals surface area contributed by atoms with Crippen LogP contribution < -0.4 is 0 Å². The molecule has 1 aliphatic heterocycles. The van der Waals surface area contributed by atoms with Crippen LogP contribution in [0.25, 0.3) is 0 Å². The molecule has 0 aromatic carbocycles. The zero-order valence-electron chi connectivity index (χ0n) is 3.55. The van der Waals surface area contributed by atoms with Crippen LogP contribution in [0.3, 0.4) is 0 Å². The predicted octanol–water partition coefficient (Wildman–Crippen LogP) is 0.731. The van der Waals surface area contributed by atoms with Crippen LogP contribution in [-0.2, 0) is 9.47 Å². The number of cyclic esters (lactones) is 2. The Hall–Kier alpha value is -0.250. The Balaban J connectivity index is 0.000000360. The van der Waals surface area contributed by atoms with Gasteiger partial charge < -0.3 is 9.47 Å². The minimum Gasteiger partial charge on any atom is -0.431 e. The van der Waals surface area contributed by atoms with E-state index < -0.39 is 6.16 Å². The topological polar surface area (TPSA) is 35.5 Å². The van der Waals surface area contributed by atoms with Gasteiger partial charge in [-0.15, -0.1) is 17.0 Å². The molecule has 0 aliphatic carbocycles. The summed E-state index contributed by atoms with van der Waals surface area (Å²) < 4.78 is 8.58. The van der Waals surface area contributed by atoms with Crippen molar-refractivity contribution in [2.75, 3.05) is 13.2 Å². The molecule has 1 rings (SSSR count). The zero-order chi connectivity index (χ0) is 4.41. The SMILES string of the molecule is Br.O=C1OCCO1. The molecule has 1 saturated heterocycles. The van der Waals surface area contributed by atoms with Gasteiger partial charge in [-0.3, -0.25) is 0 Å². The smallest absolute Gasteiger partial charge is 0.431 e. The molecule has 0 radical (unpaired) electrons. The van der Waals surface area contributed by atoms with E-state index in [0.29, 0.717) is 13.2 Å². The highest BCUT2D eigenvalue weighted by molar-refractivity contribution is 8.93. The summed E-state index contributed by atoms with van der Waals surface area (Å²) in [5.41, 5.74) is 0. The molecule has 0 saturated carbocycles. The van der Waals surface area contributed by atoms with Gasteiger partial charge in [0.2, 0.25) is 0 Å². The first-order valence-electron chi connectivity index (χ1n) is 1.69. The fraction of sp³-hybridized carbons (Fsp3) is 0.667. The number of rotatable bonds is 0. The molecule has 42 valence electrons. The van der Waals surface area contributed by atoms with Crippen molar-refractivity contribution in [2.45, 2.75) is 0 Å². The summed E-state index contributed by atoms with van der Waals surface area (Å²) in [6.07, 6.45) is -0.546. The number of hydrogen-bond donors (Lipinski definition) is 0. The second-order valence-corrected chi connectivity index (χ2v) is 0.947. The highest BCUT2D eigenvalue weighted by Crippen LogP contribution is 1.92. The van der Waals surface area contributed by atoms with Crippen molar-refractivity contribution in [3.63, 3.8) is 0 Å². The van der Waals surface area contributed by atoms with Crippen LogP contribution in [0, 0.1) is 0 Å². The van der Waals surface area contributed by atoms with E-state index in [1.165, 1.54) is 0 Å². The van der Waals surface area contributed by atoms with Crippen molar-refractivity contribution >= 4 is 23.1 Å². The van der Waals surface area contributed by atoms with Crippen LogP contribution in [0.2, 0.25) is 0 Å². The molecule has 1 fully saturated rings. The molecule has 4 heteroatoms. The van der Waals surface area contributed by atoms with Gasteiger partial charge in [-0.05, 0) is 0 Å². The van der Waals surface area contributed by atoms with Crippen LogP contribution >= 0.6 is 17.0 Å². The molecule has 0 aromatic rings. The highest BCUT2D eigenvalue weighted by Gasteiger charge is 2.09. The van der Waals surface area contributed by atoms with Crippen molar-refractivity contribution < 1.29 is 14.3 Å². The van der Waals surface area contributed by atoms with E-state index in [0.717, 1.165) is 0 Å². The summed E-state index contributed by atoms with van der Waals surface area (Å²) >= 11 is 0. The summed E-state index contributed by atoms with van der Waals surface area (Å²) in [6.45, 7) is 0.831. The van der Waals surface area contributed by atoms with E-state index >= 15 is 0 Å². The van der Waals surface area contributed by atoms with E-state index in [4.69, 9.17) is 0 Å². The highest BCUT2D eigenvalue weighted by atomic mass is 79.9. The average Bonchev–Trinajstić information content (AvgIpc) is 1.86. The van der Waals surface area contributed by atoms with Gasteiger partial charge in [0.05, 0.1) is 0 Å². The first-order chi connectivity index (χ1) is 2.89. The largest absolute Gasteiger partial charge is 0.508 e. The van der Waals surface area contributed by atoms with E-state index in [1.54, 1.807) is 0 Å². The summed E-state index contributed by atoms with van der Waals surface area (Å²) in [5.74, 6) is 0. The molecule has 0 amide bonds. The zero-order valence-corrected chi connectivity index (χ0v) is 5.26. The Bertz CT molecular complexity index is 64.6. The number of carbonyl (C=O) groups excluding carboxylic acids is 1. The second-order valence-electron chi connectivity index (χ2n) is 0.947. The first-order valence-corrected chi connectivity index (χ1v) is 1.69. The van der Waals surface area contributed by atoms with E-state index in [-0.39, 0.29) is 17.0 Å². The molecule has 0 aromatic heterocycles. The van der Waals surface area contributed by atoms with Gasteiger partial charge in [0.1, 0.15) is 13.2 Å². The first kappa shape index (κ1) is 6.75. The standard InChI is InChI=1S/C3H4O3.BrH/c4-3-5-1-2-6-3;/h1-2H2;1H. The fourth-order valence-corrected chi connectivity index (χ4v) is 0.292. The molecule has 0 spiro atoms. The number of carbonyl (C=O) groups is 1. The molecular formula is C3H5BrO3. The van der Waals surface area contributed by atoms with Gasteiger partial charge in [0.15, 0.2) is 0 Å². The van der Waals surface area contributed by atoms with Crippen LogP contribution in [0.1, 0.15) is 0 Å². The summed E-state index contributed by atoms with van der Waals surface area (Å²) in [7, 11) is 0. The molecule has 7 heavy (non-hydrogen) atoms. The molecule has 1 aliphatic rings. The lowest BCUT2D eigenvalue weighted by atomic mass is 10.8. The Morgan fingerprint density at radius 1 is 1.29 bits per heavy atom. The van der Waals surface area contributed by atoms with Gasteiger partial charge in [-0.1, -0.05) is 0 Å². The summed E-state index contributed by atoms with van der Waals surface area (Å²) in [4.78, 5) is 9.80. The van der Waals surface area contributed by atoms with Crippen LogP contribution in [0.15, 0.2) is 0 Å². The molecule has 3 nitrogen and oxygen atoms in total. The van der Waals surface area contributed by atoms with Crippen molar-refractivity contribution in [1.29, 1.82) is 0 Å². The predicted molar refractivity (Wildman–Crippen MR) is 27.6 cm³/mol. The number of ether oxygens (including phenoxy) is 2. The van der Waals surface area contributed by atoms with Crippen molar-refractivity contribution in [2.24, 2.45) is 0 Å². The number of hydrogen-bond acceptors (Lipinski definition) is 3. The lowest BCUT2D eigenvalue weighted by Gasteiger charge is -1.78. The van der Waals surface area contributed by atoms with E-state index in [9.17, 15) is 4.79 Å². The van der Waals surface area contributed by atoms with Gasteiger partial charge >= 0.3 is 6.16 Å². The monoisotopic (exact) mass is 168 g/mol. The van der Waals surface area contributed by atoms with Crippen LogP contribution in [0.4, 0.5) is 4.79 Å². The minimum atomic E-state index is -0.546. The summed E-state index contributed by atoms with van der Waals surface area (Å²) in [5, 5.41) is 0. The third-order valence-corrected chi connectivity index (χ3v) is 0.523. The molecule has 0 N–H and O–H groups in total. The van der Waals surface area contributed by atoms with Gasteiger partial charge in [-0.25, -0.2) is 4.79 Å². The molecule has 0 unspecified atom stereocenters.